The molecule has 1 aliphatic heterocycles. The van der Waals surface area contributed by atoms with Gasteiger partial charge >= 0.3 is 11.9 Å². The highest BCUT2D eigenvalue weighted by atomic mass is 32.2. The number of carbonyl (C=O) groups is 3. The van der Waals surface area contributed by atoms with Gasteiger partial charge in [-0.1, -0.05) is 56.6 Å². The number of nitrogens with one attached hydrogen (secondary N) is 1. The van der Waals surface area contributed by atoms with E-state index in [1.807, 2.05) is 0 Å². The minimum absolute atomic E-state index is 0.178. The van der Waals surface area contributed by atoms with Crippen LogP contribution in [0.5, 0.6) is 11.5 Å². The standard InChI is InChI=1S/C26H25NO13S3.C19H15NO12S3/c1-2-35-26(29)14-7-9-27(10-8-14)23(28)13-36-19-11-20(41-39-37-30)16-4-5-17-21(42-40-38-31)12-22(43(32,33)34)18-6-3-15(19)24(16)25(17)18;1-20-28-17(21)8-27-13-6-14(33-31-29-22)10-3-4-11-15(34-32-30-23)7-16(35(24,25)26)12-5-2-9(13)18(10)19(11)12/h3-6,11-12,14,30-31H,2,7-10,13H2,1H3,(H,32,33,34);2-7,20,22-23H,8H2,1H3,(H,24,25,26). The van der Waals surface area contributed by atoms with Crippen LogP contribution in [0.3, 0.4) is 0 Å². The molecule has 0 unspecified atom stereocenters. The highest BCUT2D eigenvalue weighted by molar-refractivity contribution is 7.95. The van der Waals surface area contributed by atoms with E-state index in [9.17, 15) is 40.3 Å². The molecule has 8 aromatic carbocycles. The normalized spacial score (nSPS) is 13.5. The van der Waals surface area contributed by atoms with Gasteiger partial charge in [-0.05, 0) is 77.7 Å². The summed E-state index contributed by atoms with van der Waals surface area (Å²) in [7, 11) is -8.01. The first-order valence-corrected chi connectivity index (χ1v) is 28.0. The van der Waals surface area contributed by atoms with Crippen molar-refractivity contribution in [2.75, 3.05) is 40.0 Å². The van der Waals surface area contributed by atoms with Crippen molar-refractivity contribution in [2.45, 2.75) is 49.1 Å². The van der Waals surface area contributed by atoms with Crippen LogP contribution < -0.4 is 15.0 Å². The zero-order chi connectivity index (χ0) is 55.9. The van der Waals surface area contributed by atoms with Gasteiger partial charge in [0.15, 0.2) is 13.2 Å². The molecule has 0 radical (unpaired) electrons. The lowest BCUT2D eigenvalue weighted by molar-refractivity contribution is -0.432. The van der Waals surface area contributed by atoms with Gasteiger partial charge in [0.2, 0.25) is 0 Å². The molecule has 1 fully saturated rings. The van der Waals surface area contributed by atoms with Gasteiger partial charge in [-0.15, -0.1) is 17.3 Å². The molecule has 0 saturated carbocycles. The molecular formula is C45H40N2O25S6. The highest BCUT2D eigenvalue weighted by Crippen LogP contribution is 2.49. The topological polar surface area (TPSA) is 367 Å². The van der Waals surface area contributed by atoms with E-state index in [1.165, 1.54) is 37.4 Å². The Morgan fingerprint density at radius 1 is 0.564 bits per heavy atom. The molecule has 78 heavy (non-hydrogen) atoms. The van der Waals surface area contributed by atoms with Gasteiger partial charge in [-0.25, -0.2) is 25.8 Å². The smallest absolute Gasteiger partial charge is 0.362 e. The molecule has 0 spiro atoms. The Balaban J connectivity index is 0.000000210. The fraction of sp³-hybridized carbons (Fsp3) is 0.222. The molecule has 0 bridgehead atoms. The minimum atomic E-state index is -4.72. The second kappa shape index (κ2) is 25.8. The summed E-state index contributed by atoms with van der Waals surface area (Å²) >= 11 is 2.30. The molecule has 1 aliphatic rings. The highest BCUT2D eigenvalue weighted by Gasteiger charge is 2.30. The predicted molar refractivity (Wildman–Crippen MR) is 275 cm³/mol. The monoisotopic (exact) mass is 1200 g/mol. The maximum atomic E-state index is 13.1. The molecule has 0 aliphatic carbocycles. The second-order valence-corrected chi connectivity index (χ2v) is 21.9. The summed E-state index contributed by atoms with van der Waals surface area (Å²) in [5.41, 5.74) is 2.24. The minimum Gasteiger partial charge on any atom is -0.483 e. The Morgan fingerprint density at radius 2 is 0.923 bits per heavy atom. The van der Waals surface area contributed by atoms with Gasteiger partial charge in [0, 0.05) is 73.0 Å². The van der Waals surface area contributed by atoms with Crippen LogP contribution in [-0.4, -0.2) is 110 Å². The fourth-order valence-corrected chi connectivity index (χ4v) is 12.7. The Kier molecular flexibility index (Phi) is 19.4. The number of carbonyl (C=O) groups excluding carboxylic acids is 3. The predicted octanol–water partition coefficient (Wildman–Crippen LogP) is 8.61. The number of benzene rings is 8. The number of hydrogen-bond acceptors (Lipinski definition) is 28. The molecule has 9 rings (SSSR count). The van der Waals surface area contributed by atoms with Gasteiger partial charge in [0.1, 0.15) is 21.3 Å². The molecule has 8 aromatic rings. The van der Waals surface area contributed by atoms with Crippen molar-refractivity contribution in [1.82, 2.24) is 10.4 Å². The van der Waals surface area contributed by atoms with Crippen LogP contribution in [0.25, 0.3) is 64.6 Å². The van der Waals surface area contributed by atoms with E-state index in [2.05, 4.69) is 47.8 Å². The summed E-state index contributed by atoms with van der Waals surface area (Å²) in [6.07, 6.45) is 0.953. The van der Waals surface area contributed by atoms with E-state index in [1.54, 1.807) is 54.3 Å². The van der Waals surface area contributed by atoms with Crippen LogP contribution in [0, 0.1) is 5.92 Å². The lowest BCUT2D eigenvalue weighted by Crippen LogP contribution is -2.42. The number of hydrogen-bond donors (Lipinski definition) is 7. The number of piperidine rings is 1. The van der Waals surface area contributed by atoms with Crippen LogP contribution in [0.15, 0.2) is 102 Å². The molecule has 0 aromatic heterocycles. The zero-order valence-electron chi connectivity index (χ0n) is 39.8. The van der Waals surface area contributed by atoms with Gasteiger partial charge in [0.25, 0.3) is 26.1 Å². The molecular weight excluding hydrogens is 1160 g/mol. The molecule has 0 atom stereocenters. The van der Waals surface area contributed by atoms with Crippen LogP contribution in [0.2, 0.25) is 0 Å². The quantitative estimate of drug-likeness (QED) is 0.00786. The van der Waals surface area contributed by atoms with E-state index >= 15 is 0 Å². The first-order chi connectivity index (χ1) is 37.5. The maximum absolute atomic E-state index is 13.1. The van der Waals surface area contributed by atoms with Crippen LogP contribution >= 0.6 is 48.2 Å². The Labute approximate surface area is 456 Å². The lowest BCUT2D eigenvalue weighted by atomic mass is 9.93. The molecule has 1 saturated heterocycles. The van der Waals surface area contributed by atoms with Crippen LogP contribution in [0.1, 0.15) is 19.8 Å². The average Bonchev–Trinajstić information content (AvgIpc) is 3.62. The molecule has 7 N–H and O–H groups in total. The number of hydroxylamine groups is 1. The van der Waals surface area contributed by atoms with E-state index in [0.29, 0.717) is 144 Å². The van der Waals surface area contributed by atoms with Gasteiger partial charge in [-0.2, -0.15) is 22.3 Å². The van der Waals surface area contributed by atoms with Crippen molar-refractivity contribution < 1.29 is 118 Å². The van der Waals surface area contributed by atoms with E-state index in [4.69, 9.17) is 35.2 Å². The SMILES string of the molecule is CCOC(=O)C1CCN(C(=O)COc2cc(SOOO)c3ccc4c(SOOO)cc(S(=O)(=O)O)c5ccc2c3c45)CC1.CNOC(=O)COc1cc(SOOO)c2ccc3c(SOOO)cc(S(=O)(=O)O)c4ccc1c2c34. The van der Waals surface area contributed by atoms with Crippen LogP contribution in [0.4, 0.5) is 0 Å². The first-order valence-electron chi connectivity index (χ1n) is 22.1. The molecule has 1 amide bonds. The Bertz CT molecular complexity index is 3730. The Morgan fingerprint density at radius 3 is 1.29 bits per heavy atom. The number of esters is 1. The van der Waals surface area contributed by atoms with Crippen molar-refractivity contribution in [2.24, 2.45) is 5.92 Å². The van der Waals surface area contributed by atoms with Crippen molar-refractivity contribution in [3.8, 4) is 11.5 Å². The summed E-state index contributed by atoms with van der Waals surface area (Å²) in [6.45, 7) is 1.96. The third-order valence-corrected chi connectivity index (χ3v) is 16.4. The van der Waals surface area contributed by atoms with Crippen molar-refractivity contribution in [3.63, 3.8) is 0 Å². The Hall–Kier alpha value is -5.45. The summed E-state index contributed by atoms with van der Waals surface area (Å²) in [4.78, 5) is 43.5. The van der Waals surface area contributed by atoms with E-state index in [-0.39, 0.29) is 56.5 Å². The fourth-order valence-electron chi connectivity index (χ4n) is 9.02. The first kappa shape index (κ1) is 58.7. The largest absolute Gasteiger partial charge is 0.483 e. The van der Waals surface area contributed by atoms with E-state index in [0.717, 1.165) is 0 Å². The number of amides is 1. The molecule has 416 valence electrons. The third-order valence-electron chi connectivity index (χ3n) is 12.0. The second-order valence-electron chi connectivity index (χ2n) is 16.2. The summed E-state index contributed by atoms with van der Waals surface area (Å²) in [6, 6.07) is 18.3. The third kappa shape index (κ3) is 12.6. The maximum Gasteiger partial charge on any atom is 0.362 e. The summed E-state index contributed by atoms with van der Waals surface area (Å²) in [5.74, 6) is -1.11. The average molecular weight is 1200 g/mol. The number of ether oxygens (including phenoxy) is 3. The summed E-state index contributed by atoms with van der Waals surface area (Å²) < 4.78 is 104. The number of nitrogens with zero attached hydrogens (tertiary/aromatic N) is 1. The molecule has 27 nitrogen and oxygen atoms in total. The van der Waals surface area contributed by atoms with E-state index < -0.39 is 42.6 Å². The molecule has 1 heterocycles. The van der Waals surface area contributed by atoms with Crippen molar-refractivity contribution in [3.05, 3.63) is 72.8 Å². The van der Waals surface area contributed by atoms with Crippen molar-refractivity contribution >= 4 is 151 Å². The number of rotatable bonds is 23. The number of likely N-dealkylation sites (tertiary alicyclic amines) is 1. The zero-order valence-corrected chi connectivity index (χ0v) is 44.7. The van der Waals surface area contributed by atoms with Crippen LogP contribution in [-0.2, 0) is 81.7 Å². The van der Waals surface area contributed by atoms with Gasteiger partial charge in [-0.3, -0.25) is 18.7 Å². The summed E-state index contributed by atoms with van der Waals surface area (Å²) in [5, 5.41) is 54.6. The van der Waals surface area contributed by atoms with Crippen molar-refractivity contribution in [1.29, 1.82) is 0 Å². The lowest BCUT2D eigenvalue weighted by Gasteiger charge is -2.30. The van der Waals surface area contributed by atoms with Gasteiger partial charge < -0.3 is 23.9 Å². The van der Waals surface area contributed by atoms with Gasteiger partial charge in [0.05, 0.1) is 70.5 Å². The molecule has 33 heteroatoms.